The molecule has 3 nitrogen and oxygen atoms in total. The lowest BCUT2D eigenvalue weighted by Gasteiger charge is -2.04. The molecule has 0 aliphatic rings. The van der Waals surface area contributed by atoms with Gasteiger partial charge < -0.3 is 10.7 Å². The van der Waals surface area contributed by atoms with Gasteiger partial charge in [-0.2, -0.15) is 13.2 Å². The van der Waals surface area contributed by atoms with Crippen LogP contribution in [0.5, 0.6) is 0 Å². The van der Waals surface area contributed by atoms with Gasteiger partial charge in [-0.05, 0) is 23.3 Å². The molecule has 0 saturated heterocycles. The summed E-state index contributed by atoms with van der Waals surface area (Å²) in [6.45, 7) is 0.215. The molecule has 0 aliphatic carbocycles. The van der Waals surface area contributed by atoms with Crippen molar-refractivity contribution in [3.8, 4) is 11.3 Å². The van der Waals surface area contributed by atoms with Crippen LogP contribution in [0.2, 0.25) is 5.02 Å². The van der Waals surface area contributed by atoms with Crippen molar-refractivity contribution in [2.75, 3.05) is 0 Å². The van der Waals surface area contributed by atoms with E-state index < -0.39 is 12.0 Å². The van der Waals surface area contributed by atoms with Crippen LogP contribution < -0.4 is 5.73 Å². The van der Waals surface area contributed by atoms with Crippen molar-refractivity contribution in [1.29, 1.82) is 0 Å². The highest BCUT2D eigenvalue weighted by atomic mass is 35.5. The molecule has 0 amide bonds. The lowest BCUT2D eigenvalue weighted by molar-refractivity contribution is -0.144. The summed E-state index contributed by atoms with van der Waals surface area (Å²) in [4.78, 5) is 5.52. The van der Waals surface area contributed by atoms with E-state index in [1.54, 1.807) is 18.2 Å². The fourth-order valence-electron chi connectivity index (χ4n) is 1.51. The van der Waals surface area contributed by atoms with Crippen molar-refractivity contribution in [2.45, 2.75) is 12.7 Å². The fourth-order valence-corrected chi connectivity index (χ4v) is 1.71. The Hall–Kier alpha value is -1.53. The smallest absolute Gasteiger partial charge is 0.334 e. The minimum atomic E-state index is -4.48. The Morgan fingerprint density at radius 3 is 2.61 bits per heavy atom. The SMILES string of the molecule is NCc1cc(-c2cnc(C(F)(F)F)[nH]2)ccc1Cl. The first kappa shape index (κ1) is 12.9. The number of aromatic amines is 1. The van der Waals surface area contributed by atoms with Gasteiger partial charge in [0.1, 0.15) is 0 Å². The summed E-state index contributed by atoms with van der Waals surface area (Å²) in [6.07, 6.45) is -3.35. The van der Waals surface area contributed by atoms with Crippen LogP contribution in [0.15, 0.2) is 24.4 Å². The summed E-state index contributed by atoms with van der Waals surface area (Å²) in [5.41, 5.74) is 6.98. The summed E-state index contributed by atoms with van der Waals surface area (Å²) < 4.78 is 37.2. The van der Waals surface area contributed by atoms with Crippen molar-refractivity contribution in [3.63, 3.8) is 0 Å². The van der Waals surface area contributed by atoms with Gasteiger partial charge in [-0.15, -0.1) is 0 Å². The van der Waals surface area contributed by atoms with E-state index in [-0.39, 0.29) is 12.2 Å². The number of nitrogens with one attached hydrogen (secondary N) is 1. The number of imidazole rings is 1. The number of rotatable bonds is 2. The third-order valence-electron chi connectivity index (χ3n) is 2.42. The molecule has 3 N–H and O–H groups in total. The molecule has 18 heavy (non-hydrogen) atoms. The van der Waals surface area contributed by atoms with Crippen molar-refractivity contribution >= 4 is 11.6 Å². The zero-order chi connectivity index (χ0) is 13.3. The normalized spacial score (nSPS) is 11.8. The maximum absolute atomic E-state index is 12.4. The number of benzene rings is 1. The zero-order valence-electron chi connectivity index (χ0n) is 9.05. The molecule has 0 saturated carbocycles. The van der Waals surface area contributed by atoms with Gasteiger partial charge in [0.25, 0.3) is 0 Å². The second-order valence-electron chi connectivity index (χ2n) is 3.65. The molecule has 2 aromatic rings. The van der Waals surface area contributed by atoms with Crippen LogP contribution in [0.3, 0.4) is 0 Å². The summed E-state index contributed by atoms with van der Waals surface area (Å²) in [5.74, 6) is -1.03. The maximum Gasteiger partial charge on any atom is 0.449 e. The number of alkyl halides is 3. The van der Waals surface area contributed by atoms with Gasteiger partial charge in [0, 0.05) is 11.6 Å². The number of nitrogens with two attached hydrogens (primary N) is 1. The van der Waals surface area contributed by atoms with Gasteiger partial charge in [0.2, 0.25) is 5.82 Å². The van der Waals surface area contributed by atoms with Crippen LogP contribution in [0.1, 0.15) is 11.4 Å². The molecule has 1 heterocycles. The Morgan fingerprint density at radius 2 is 2.06 bits per heavy atom. The van der Waals surface area contributed by atoms with Gasteiger partial charge in [-0.25, -0.2) is 4.98 Å². The highest BCUT2D eigenvalue weighted by Crippen LogP contribution is 2.29. The molecule has 0 unspecified atom stereocenters. The van der Waals surface area contributed by atoms with E-state index in [0.717, 1.165) is 6.20 Å². The number of nitrogens with zero attached hydrogens (tertiary/aromatic N) is 1. The molecule has 7 heteroatoms. The van der Waals surface area contributed by atoms with Crippen molar-refractivity contribution in [3.05, 3.63) is 40.8 Å². The first-order valence-electron chi connectivity index (χ1n) is 5.03. The van der Waals surface area contributed by atoms with Gasteiger partial charge >= 0.3 is 6.18 Å². The molecular weight excluding hydrogens is 267 g/mol. The number of hydrogen-bond donors (Lipinski definition) is 2. The summed E-state index contributed by atoms with van der Waals surface area (Å²) in [7, 11) is 0. The Morgan fingerprint density at radius 1 is 1.33 bits per heavy atom. The highest BCUT2D eigenvalue weighted by Gasteiger charge is 2.34. The molecule has 0 spiro atoms. The van der Waals surface area contributed by atoms with Crippen molar-refractivity contribution in [1.82, 2.24) is 9.97 Å². The molecule has 0 radical (unpaired) electrons. The van der Waals surface area contributed by atoms with Gasteiger partial charge in [0.15, 0.2) is 0 Å². The maximum atomic E-state index is 12.4. The van der Waals surface area contributed by atoms with Crippen LogP contribution in [0.4, 0.5) is 13.2 Å². The lowest BCUT2D eigenvalue weighted by atomic mass is 10.1. The number of halogens is 4. The molecule has 0 aliphatic heterocycles. The van der Waals surface area contributed by atoms with Crippen LogP contribution in [-0.4, -0.2) is 9.97 Å². The molecule has 0 atom stereocenters. The lowest BCUT2D eigenvalue weighted by Crippen LogP contribution is -2.07. The van der Waals surface area contributed by atoms with Crippen LogP contribution >= 0.6 is 11.6 Å². The van der Waals surface area contributed by atoms with E-state index in [1.807, 2.05) is 0 Å². The second-order valence-corrected chi connectivity index (χ2v) is 4.06. The average molecular weight is 276 g/mol. The second kappa shape index (κ2) is 4.62. The van der Waals surface area contributed by atoms with Gasteiger partial charge in [0.05, 0.1) is 11.9 Å². The number of H-pyrrole nitrogens is 1. The Balaban J connectivity index is 2.40. The predicted molar refractivity (Wildman–Crippen MR) is 61.9 cm³/mol. The van der Waals surface area contributed by atoms with E-state index >= 15 is 0 Å². The van der Waals surface area contributed by atoms with Crippen LogP contribution in [0, 0.1) is 0 Å². The first-order valence-corrected chi connectivity index (χ1v) is 5.40. The minimum absolute atomic E-state index is 0.215. The molecule has 96 valence electrons. The van der Waals surface area contributed by atoms with E-state index in [2.05, 4.69) is 9.97 Å². The molecule has 1 aromatic heterocycles. The summed E-state index contributed by atoms with van der Waals surface area (Å²) in [5, 5.41) is 0.483. The Bertz CT molecular complexity index is 563. The highest BCUT2D eigenvalue weighted by molar-refractivity contribution is 6.31. The molecular formula is C11H9ClF3N3. The first-order chi connectivity index (χ1) is 8.41. The number of aromatic nitrogens is 2. The molecule has 2 rings (SSSR count). The Labute approximate surface area is 106 Å². The van der Waals surface area contributed by atoms with E-state index in [4.69, 9.17) is 17.3 Å². The van der Waals surface area contributed by atoms with Gasteiger partial charge in [-0.3, -0.25) is 0 Å². The molecule has 1 aromatic carbocycles. The third kappa shape index (κ3) is 2.49. The average Bonchev–Trinajstić information content (AvgIpc) is 2.78. The number of hydrogen-bond acceptors (Lipinski definition) is 2. The monoisotopic (exact) mass is 275 g/mol. The van der Waals surface area contributed by atoms with Gasteiger partial charge in [-0.1, -0.05) is 17.7 Å². The largest absolute Gasteiger partial charge is 0.449 e. The zero-order valence-corrected chi connectivity index (χ0v) is 9.81. The van der Waals surface area contributed by atoms with Crippen LogP contribution in [0.25, 0.3) is 11.3 Å². The van der Waals surface area contributed by atoms with E-state index in [1.165, 1.54) is 0 Å². The Kier molecular flexibility index (Phi) is 3.32. The van der Waals surface area contributed by atoms with E-state index in [9.17, 15) is 13.2 Å². The summed E-state index contributed by atoms with van der Waals surface area (Å²) in [6, 6.07) is 4.83. The van der Waals surface area contributed by atoms with Crippen molar-refractivity contribution in [2.24, 2.45) is 5.73 Å². The third-order valence-corrected chi connectivity index (χ3v) is 2.79. The van der Waals surface area contributed by atoms with Crippen LogP contribution in [-0.2, 0) is 12.7 Å². The molecule has 0 fully saturated rings. The molecule has 0 bridgehead atoms. The standard InChI is InChI=1S/C11H9ClF3N3/c12-8-2-1-6(3-7(8)4-16)9-5-17-10(18-9)11(13,14)15/h1-3,5H,4,16H2,(H,17,18). The quantitative estimate of drug-likeness (QED) is 0.884. The van der Waals surface area contributed by atoms with E-state index in [0.29, 0.717) is 16.1 Å². The fraction of sp³-hybridized carbons (Fsp3) is 0.182. The predicted octanol–water partition coefficient (Wildman–Crippen LogP) is 3.21. The minimum Gasteiger partial charge on any atom is -0.334 e. The van der Waals surface area contributed by atoms with Crippen molar-refractivity contribution < 1.29 is 13.2 Å². The topological polar surface area (TPSA) is 54.7 Å². The summed E-state index contributed by atoms with van der Waals surface area (Å²) >= 11 is 5.88.